The van der Waals surface area contributed by atoms with Crippen LogP contribution in [0.5, 0.6) is 0 Å². The van der Waals surface area contributed by atoms with E-state index >= 15 is 0 Å². The number of carbonyl (C=O) groups is 2. The maximum Gasteiger partial charge on any atom is 0.307 e. The Morgan fingerprint density at radius 1 is 1.04 bits per heavy atom. The first-order valence-electron chi connectivity index (χ1n) is 8.14. The minimum absolute atomic E-state index is 0.0827. The Morgan fingerprint density at radius 2 is 1.63 bits per heavy atom. The molecule has 2 aromatic carbocycles. The monoisotopic (exact) mass is 393 g/mol. The van der Waals surface area contributed by atoms with Crippen molar-refractivity contribution in [1.82, 2.24) is 4.90 Å². The van der Waals surface area contributed by atoms with Crippen LogP contribution in [0.3, 0.4) is 0 Å². The summed E-state index contributed by atoms with van der Waals surface area (Å²) in [7, 11) is -0.706. The second-order valence-corrected chi connectivity index (χ2v) is 8.15. The normalized spacial score (nSPS) is 12.3. The molecular formula is C19H20FNO5S. The number of likely N-dealkylation sites (N-methyl/N-ethyl adjacent to an activating group) is 1. The Balaban J connectivity index is 2.07. The number of halogens is 1. The number of hydrogen-bond acceptors (Lipinski definition) is 5. The number of amides is 1. The second-order valence-electron chi connectivity index (χ2n) is 6.04. The van der Waals surface area contributed by atoms with Gasteiger partial charge in [0.05, 0.1) is 17.1 Å². The van der Waals surface area contributed by atoms with Gasteiger partial charge >= 0.3 is 5.97 Å². The van der Waals surface area contributed by atoms with E-state index < -0.39 is 45.8 Å². The molecule has 0 aliphatic heterocycles. The number of ether oxygens (including phenoxy) is 1. The smallest absolute Gasteiger partial charge is 0.307 e. The molecule has 0 spiro atoms. The van der Waals surface area contributed by atoms with Gasteiger partial charge in [-0.3, -0.25) is 9.59 Å². The molecule has 8 heteroatoms. The fourth-order valence-corrected chi connectivity index (χ4v) is 3.51. The van der Waals surface area contributed by atoms with E-state index in [1.165, 1.54) is 19.0 Å². The van der Waals surface area contributed by atoms with E-state index in [1.54, 1.807) is 30.3 Å². The molecule has 0 bridgehead atoms. The summed E-state index contributed by atoms with van der Waals surface area (Å²) in [5.74, 6) is -2.31. The third-order valence-electron chi connectivity index (χ3n) is 3.76. The number of rotatable bonds is 7. The quantitative estimate of drug-likeness (QED) is 0.533. The summed E-state index contributed by atoms with van der Waals surface area (Å²) in [5.41, 5.74) is 0.492. The minimum atomic E-state index is -3.77. The number of benzene rings is 2. The zero-order valence-electron chi connectivity index (χ0n) is 15.0. The molecule has 0 radical (unpaired) electrons. The first-order chi connectivity index (χ1) is 12.7. The van der Waals surface area contributed by atoms with Crippen molar-refractivity contribution in [1.29, 1.82) is 0 Å². The number of sulfone groups is 1. The van der Waals surface area contributed by atoms with Crippen LogP contribution in [0.2, 0.25) is 0 Å². The Hall–Kier alpha value is -2.74. The SMILES string of the molecule is CN(C)C(=O)[C@H](OC(=O)CCS(=O)(=O)c1ccc(F)cc1)c1ccccc1. The van der Waals surface area contributed by atoms with Crippen LogP contribution in [0.15, 0.2) is 59.5 Å². The van der Waals surface area contributed by atoms with Crippen molar-refractivity contribution < 1.29 is 27.1 Å². The van der Waals surface area contributed by atoms with Gasteiger partial charge in [-0.1, -0.05) is 30.3 Å². The standard InChI is InChI=1S/C19H20FNO5S/c1-21(2)19(23)18(14-6-4-3-5-7-14)26-17(22)12-13-27(24,25)16-10-8-15(20)9-11-16/h3-11,18H,12-13H2,1-2H3/t18-/m1/s1. The van der Waals surface area contributed by atoms with Gasteiger partial charge in [-0.25, -0.2) is 12.8 Å². The molecule has 0 saturated carbocycles. The molecule has 0 aliphatic carbocycles. The van der Waals surface area contributed by atoms with E-state index in [0.29, 0.717) is 5.56 Å². The third kappa shape index (κ3) is 5.62. The summed E-state index contributed by atoms with van der Waals surface area (Å²) in [6, 6.07) is 12.8. The van der Waals surface area contributed by atoms with E-state index in [4.69, 9.17) is 4.74 Å². The van der Waals surface area contributed by atoms with Crippen molar-refractivity contribution in [3.8, 4) is 0 Å². The fraction of sp³-hybridized carbons (Fsp3) is 0.263. The van der Waals surface area contributed by atoms with Crippen molar-refractivity contribution in [2.45, 2.75) is 17.4 Å². The van der Waals surface area contributed by atoms with Crippen LogP contribution in [0.4, 0.5) is 4.39 Å². The van der Waals surface area contributed by atoms with Gasteiger partial charge in [-0.2, -0.15) is 0 Å². The Morgan fingerprint density at radius 3 is 2.19 bits per heavy atom. The number of carbonyl (C=O) groups excluding carboxylic acids is 2. The number of nitrogens with zero attached hydrogens (tertiary/aromatic N) is 1. The van der Waals surface area contributed by atoms with Crippen molar-refractivity contribution in [3.05, 3.63) is 66.0 Å². The lowest BCUT2D eigenvalue weighted by molar-refractivity contribution is -0.159. The molecule has 0 fully saturated rings. The maximum absolute atomic E-state index is 12.9. The largest absolute Gasteiger partial charge is 0.447 e. The topological polar surface area (TPSA) is 80.8 Å². The van der Waals surface area contributed by atoms with Gasteiger partial charge in [0.25, 0.3) is 5.91 Å². The zero-order valence-corrected chi connectivity index (χ0v) is 15.8. The minimum Gasteiger partial charge on any atom is -0.447 e. The lowest BCUT2D eigenvalue weighted by Gasteiger charge is -2.21. The van der Waals surface area contributed by atoms with E-state index in [-0.39, 0.29) is 4.90 Å². The van der Waals surface area contributed by atoms with Gasteiger partial charge in [-0.15, -0.1) is 0 Å². The van der Waals surface area contributed by atoms with Crippen LogP contribution in [0.1, 0.15) is 18.1 Å². The van der Waals surface area contributed by atoms with Gasteiger partial charge in [0.1, 0.15) is 5.82 Å². The van der Waals surface area contributed by atoms with Crippen LogP contribution in [0.25, 0.3) is 0 Å². The summed E-state index contributed by atoms with van der Waals surface area (Å²) in [6.45, 7) is 0. The van der Waals surface area contributed by atoms with Crippen LogP contribution in [-0.2, 0) is 24.2 Å². The van der Waals surface area contributed by atoms with Crippen LogP contribution in [-0.4, -0.2) is 45.0 Å². The highest BCUT2D eigenvalue weighted by molar-refractivity contribution is 7.91. The van der Waals surface area contributed by atoms with Crippen molar-refractivity contribution in [3.63, 3.8) is 0 Å². The van der Waals surface area contributed by atoms with E-state index in [2.05, 4.69) is 0 Å². The fourth-order valence-electron chi connectivity index (χ4n) is 2.29. The Labute approximate surface area is 157 Å². The molecule has 1 amide bonds. The first kappa shape index (κ1) is 20.6. The molecule has 0 heterocycles. The highest BCUT2D eigenvalue weighted by atomic mass is 32.2. The highest BCUT2D eigenvalue weighted by Gasteiger charge is 2.27. The van der Waals surface area contributed by atoms with E-state index in [0.717, 1.165) is 24.3 Å². The van der Waals surface area contributed by atoms with Gasteiger partial charge < -0.3 is 9.64 Å². The molecule has 0 saturated heterocycles. The third-order valence-corrected chi connectivity index (χ3v) is 5.50. The molecule has 0 aromatic heterocycles. The summed E-state index contributed by atoms with van der Waals surface area (Å²) in [6.07, 6.45) is -1.58. The van der Waals surface area contributed by atoms with Gasteiger partial charge in [-0.05, 0) is 24.3 Å². The predicted molar refractivity (Wildman–Crippen MR) is 97.0 cm³/mol. The molecule has 27 heavy (non-hydrogen) atoms. The lowest BCUT2D eigenvalue weighted by Crippen LogP contribution is -2.31. The van der Waals surface area contributed by atoms with Crippen molar-refractivity contribution >= 4 is 21.7 Å². The molecule has 2 aromatic rings. The second kappa shape index (κ2) is 8.77. The predicted octanol–water partition coefficient (Wildman–Crippen LogP) is 2.36. The number of esters is 1. The van der Waals surface area contributed by atoms with Crippen molar-refractivity contribution in [2.24, 2.45) is 0 Å². The Bertz CT molecular complexity index is 895. The molecule has 144 valence electrons. The first-order valence-corrected chi connectivity index (χ1v) is 9.80. The summed E-state index contributed by atoms with van der Waals surface area (Å²) in [4.78, 5) is 25.7. The Kier molecular flexibility index (Phi) is 6.68. The van der Waals surface area contributed by atoms with Crippen LogP contribution < -0.4 is 0 Å². The highest BCUT2D eigenvalue weighted by Crippen LogP contribution is 2.21. The van der Waals surface area contributed by atoms with Gasteiger partial charge in [0.15, 0.2) is 9.84 Å². The van der Waals surface area contributed by atoms with Crippen LogP contribution >= 0.6 is 0 Å². The maximum atomic E-state index is 12.9. The molecule has 0 N–H and O–H groups in total. The van der Waals surface area contributed by atoms with Crippen molar-refractivity contribution in [2.75, 3.05) is 19.8 Å². The summed E-state index contributed by atoms with van der Waals surface area (Å²) >= 11 is 0. The molecule has 2 rings (SSSR count). The number of hydrogen-bond donors (Lipinski definition) is 0. The molecular weight excluding hydrogens is 373 g/mol. The van der Waals surface area contributed by atoms with Gasteiger partial charge in [0.2, 0.25) is 6.10 Å². The summed E-state index contributed by atoms with van der Waals surface area (Å²) in [5, 5.41) is 0. The van der Waals surface area contributed by atoms with Crippen LogP contribution in [0, 0.1) is 5.82 Å². The molecule has 0 aliphatic rings. The molecule has 0 unspecified atom stereocenters. The lowest BCUT2D eigenvalue weighted by atomic mass is 10.1. The average molecular weight is 393 g/mol. The van der Waals surface area contributed by atoms with E-state index in [1.807, 2.05) is 0 Å². The zero-order chi connectivity index (χ0) is 20.0. The average Bonchev–Trinajstić information content (AvgIpc) is 2.65. The molecule has 6 nitrogen and oxygen atoms in total. The van der Waals surface area contributed by atoms with Gasteiger partial charge in [0, 0.05) is 19.7 Å². The van der Waals surface area contributed by atoms with E-state index in [9.17, 15) is 22.4 Å². The summed E-state index contributed by atoms with van der Waals surface area (Å²) < 4.78 is 42.7. The molecule has 1 atom stereocenters.